The number of rotatable bonds is 5. The van der Waals surface area contributed by atoms with Gasteiger partial charge in [0.05, 0.1) is 11.8 Å². The minimum absolute atomic E-state index is 0.00713. The molecule has 0 aromatic rings. The van der Waals surface area contributed by atoms with Gasteiger partial charge in [0.15, 0.2) is 9.84 Å². The third kappa shape index (κ3) is 3.81. The second-order valence-electron chi connectivity index (χ2n) is 4.16. The van der Waals surface area contributed by atoms with Crippen LogP contribution in [0.4, 0.5) is 0 Å². The second-order valence-corrected chi connectivity index (χ2v) is 6.09. The maximum atomic E-state index is 11.9. The van der Waals surface area contributed by atoms with Crippen molar-refractivity contribution >= 4 is 15.7 Å². The summed E-state index contributed by atoms with van der Waals surface area (Å²) in [5.41, 5.74) is 0. The van der Waals surface area contributed by atoms with Crippen LogP contribution in [-0.2, 0) is 14.6 Å². The number of sulfone groups is 1. The Labute approximate surface area is 103 Å². The Bertz CT molecular complexity index is 399. The van der Waals surface area contributed by atoms with Crippen LogP contribution in [0.25, 0.3) is 0 Å². The van der Waals surface area contributed by atoms with Crippen LogP contribution in [0.5, 0.6) is 0 Å². The monoisotopic (exact) mass is 260 g/mol. The summed E-state index contributed by atoms with van der Waals surface area (Å²) in [5, 5.41) is 4.23. The largest absolute Gasteiger partial charge is 0.342 e. The van der Waals surface area contributed by atoms with E-state index in [0.29, 0.717) is 13.1 Å². The highest BCUT2D eigenvalue weighted by Gasteiger charge is 2.26. The van der Waals surface area contributed by atoms with Gasteiger partial charge in [-0.05, 0) is 20.8 Å². The third-order valence-electron chi connectivity index (χ3n) is 2.84. The highest BCUT2D eigenvalue weighted by Crippen LogP contribution is 2.09. The SMILES string of the molecule is CCN(CC)C(=O)C(C)NC1C=CS(=O)(=O)C1. The van der Waals surface area contributed by atoms with E-state index in [1.54, 1.807) is 17.9 Å². The van der Waals surface area contributed by atoms with Gasteiger partial charge in [0.25, 0.3) is 0 Å². The number of hydrogen-bond acceptors (Lipinski definition) is 4. The van der Waals surface area contributed by atoms with E-state index in [0.717, 1.165) is 0 Å². The Balaban J connectivity index is 2.53. The molecule has 0 aromatic carbocycles. The summed E-state index contributed by atoms with van der Waals surface area (Å²) in [5.74, 6) is 0.0516. The Morgan fingerprint density at radius 1 is 1.47 bits per heavy atom. The first-order valence-electron chi connectivity index (χ1n) is 5.85. The molecule has 1 aliphatic rings. The van der Waals surface area contributed by atoms with Gasteiger partial charge >= 0.3 is 0 Å². The van der Waals surface area contributed by atoms with Crippen molar-refractivity contribution in [2.75, 3.05) is 18.8 Å². The van der Waals surface area contributed by atoms with Gasteiger partial charge in [-0.1, -0.05) is 6.08 Å². The van der Waals surface area contributed by atoms with Crippen molar-refractivity contribution in [2.45, 2.75) is 32.9 Å². The van der Waals surface area contributed by atoms with E-state index in [2.05, 4.69) is 5.32 Å². The number of carbonyl (C=O) groups is 1. The second kappa shape index (κ2) is 5.64. The van der Waals surface area contributed by atoms with Crippen LogP contribution in [0.1, 0.15) is 20.8 Å². The lowest BCUT2D eigenvalue weighted by atomic mass is 10.2. The van der Waals surface area contributed by atoms with Crippen molar-refractivity contribution < 1.29 is 13.2 Å². The normalized spacial score (nSPS) is 23.6. The van der Waals surface area contributed by atoms with Crippen LogP contribution in [0.3, 0.4) is 0 Å². The molecular formula is C11H20N2O3S. The highest BCUT2D eigenvalue weighted by molar-refractivity contribution is 7.94. The van der Waals surface area contributed by atoms with Crippen LogP contribution in [-0.4, -0.2) is 50.2 Å². The van der Waals surface area contributed by atoms with Crippen molar-refractivity contribution in [3.05, 3.63) is 11.5 Å². The predicted octanol–water partition coefficient (Wildman–Crippen LogP) is 0.144. The number of carbonyl (C=O) groups excluding carboxylic acids is 1. The van der Waals surface area contributed by atoms with E-state index in [1.165, 1.54) is 5.41 Å². The molecule has 1 N–H and O–H groups in total. The van der Waals surface area contributed by atoms with Crippen molar-refractivity contribution in [2.24, 2.45) is 0 Å². The summed E-state index contributed by atoms with van der Waals surface area (Å²) in [6.45, 7) is 6.95. The van der Waals surface area contributed by atoms with E-state index in [4.69, 9.17) is 0 Å². The zero-order chi connectivity index (χ0) is 13.1. The van der Waals surface area contributed by atoms with E-state index in [1.807, 2.05) is 13.8 Å². The molecule has 0 fully saturated rings. The van der Waals surface area contributed by atoms with Gasteiger partial charge in [0, 0.05) is 24.5 Å². The summed E-state index contributed by atoms with van der Waals surface area (Å²) >= 11 is 0. The van der Waals surface area contributed by atoms with Gasteiger partial charge in [0.2, 0.25) is 5.91 Å². The third-order valence-corrected chi connectivity index (χ3v) is 4.24. The zero-order valence-corrected chi connectivity index (χ0v) is 11.3. The topological polar surface area (TPSA) is 66.5 Å². The predicted molar refractivity (Wildman–Crippen MR) is 67.2 cm³/mol. The summed E-state index contributed by atoms with van der Waals surface area (Å²) < 4.78 is 22.4. The van der Waals surface area contributed by atoms with Gasteiger partial charge in [0.1, 0.15) is 0 Å². The molecule has 0 radical (unpaired) electrons. The number of nitrogens with one attached hydrogen (secondary N) is 1. The van der Waals surface area contributed by atoms with E-state index in [9.17, 15) is 13.2 Å². The van der Waals surface area contributed by atoms with Gasteiger partial charge in [-0.25, -0.2) is 8.42 Å². The standard InChI is InChI=1S/C11H20N2O3S/c1-4-13(5-2)11(14)9(3)12-10-6-7-17(15,16)8-10/h6-7,9-10,12H,4-5,8H2,1-3H3. The molecule has 0 saturated carbocycles. The summed E-state index contributed by atoms with van der Waals surface area (Å²) in [6.07, 6.45) is 1.60. The summed E-state index contributed by atoms with van der Waals surface area (Å²) in [7, 11) is -3.07. The fourth-order valence-corrected chi connectivity index (χ4v) is 3.13. The average molecular weight is 260 g/mol. The maximum Gasteiger partial charge on any atom is 0.239 e. The number of hydrogen-bond donors (Lipinski definition) is 1. The molecule has 2 atom stereocenters. The molecule has 0 aromatic heterocycles. The molecule has 1 rings (SSSR count). The van der Waals surface area contributed by atoms with E-state index < -0.39 is 9.84 Å². The Kier molecular flexibility index (Phi) is 4.70. The fourth-order valence-electron chi connectivity index (χ4n) is 1.88. The first-order chi connectivity index (χ1) is 7.89. The number of nitrogens with zero attached hydrogens (tertiary/aromatic N) is 1. The van der Waals surface area contributed by atoms with Crippen LogP contribution in [0, 0.1) is 0 Å². The fraction of sp³-hybridized carbons (Fsp3) is 0.727. The van der Waals surface area contributed by atoms with Crippen LogP contribution >= 0.6 is 0 Å². The molecule has 0 bridgehead atoms. The molecule has 5 nitrogen and oxygen atoms in total. The molecule has 1 amide bonds. The van der Waals surface area contributed by atoms with Crippen molar-refractivity contribution in [1.82, 2.24) is 10.2 Å². The Hall–Kier alpha value is -0.880. The van der Waals surface area contributed by atoms with Crippen LogP contribution < -0.4 is 5.32 Å². The minimum atomic E-state index is -3.07. The Morgan fingerprint density at radius 2 is 2.06 bits per heavy atom. The zero-order valence-electron chi connectivity index (χ0n) is 10.5. The van der Waals surface area contributed by atoms with Crippen molar-refractivity contribution in [1.29, 1.82) is 0 Å². The lowest BCUT2D eigenvalue weighted by molar-refractivity contribution is -0.132. The molecule has 2 unspecified atom stereocenters. The van der Waals surface area contributed by atoms with Crippen LogP contribution in [0.2, 0.25) is 0 Å². The minimum Gasteiger partial charge on any atom is -0.342 e. The quantitative estimate of drug-likeness (QED) is 0.764. The van der Waals surface area contributed by atoms with Crippen molar-refractivity contribution in [3.8, 4) is 0 Å². The molecule has 1 aliphatic heterocycles. The smallest absolute Gasteiger partial charge is 0.239 e. The molecule has 0 saturated heterocycles. The molecule has 0 spiro atoms. The molecule has 1 heterocycles. The lowest BCUT2D eigenvalue weighted by Gasteiger charge is -2.25. The molecule has 6 heteroatoms. The maximum absolute atomic E-state index is 11.9. The van der Waals surface area contributed by atoms with Gasteiger partial charge in [-0.15, -0.1) is 0 Å². The molecule has 17 heavy (non-hydrogen) atoms. The first-order valence-corrected chi connectivity index (χ1v) is 7.57. The van der Waals surface area contributed by atoms with Gasteiger partial charge in [-0.3, -0.25) is 10.1 Å². The number of amides is 1. The van der Waals surface area contributed by atoms with Gasteiger partial charge < -0.3 is 4.90 Å². The molecule has 0 aliphatic carbocycles. The van der Waals surface area contributed by atoms with Crippen LogP contribution in [0.15, 0.2) is 11.5 Å². The first kappa shape index (κ1) is 14.2. The van der Waals surface area contributed by atoms with Crippen molar-refractivity contribution in [3.63, 3.8) is 0 Å². The average Bonchev–Trinajstić information content (AvgIpc) is 2.59. The summed E-state index contributed by atoms with van der Waals surface area (Å²) in [4.78, 5) is 13.7. The van der Waals surface area contributed by atoms with E-state index in [-0.39, 0.29) is 23.7 Å². The number of likely N-dealkylation sites (N-methyl/N-ethyl adjacent to an activating group) is 1. The highest BCUT2D eigenvalue weighted by atomic mass is 32.2. The lowest BCUT2D eigenvalue weighted by Crippen LogP contribution is -2.48. The Morgan fingerprint density at radius 3 is 2.47 bits per heavy atom. The summed E-state index contributed by atoms with van der Waals surface area (Å²) in [6, 6.07) is -0.618. The molecule has 98 valence electrons. The van der Waals surface area contributed by atoms with Gasteiger partial charge in [-0.2, -0.15) is 0 Å². The molecular weight excluding hydrogens is 240 g/mol. The van der Waals surface area contributed by atoms with E-state index >= 15 is 0 Å².